The first-order valence-corrected chi connectivity index (χ1v) is 11.2. The smallest absolute Gasteiger partial charge is 0.238 e. The van der Waals surface area contributed by atoms with Crippen LogP contribution < -0.4 is 9.47 Å². The lowest BCUT2D eigenvalue weighted by Crippen LogP contribution is -2.38. The summed E-state index contributed by atoms with van der Waals surface area (Å²) < 4.78 is 18.8. The Labute approximate surface area is 181 Å². The number of hydrogen-bond acceptors (Lipinski definition) is 5. The summed E-state index contributed by atoms with van der Waals surface area (Å²) >= 11 is 0. The molecule has 1 fully saturated rings. The average Bonchev–Trinajstić information content (AvgIpc) is 3.34. The first-order chi connectivity index (χ1) is 14.8. The van der Waals surface area contributed by atoms with Gasteiger partial charge in [-0.15, -0.1) is 0 Å². The summed E-state index contributed by atoms with van der Waals surface area (Å²) in [5.74, 6) is 1.45. The Bertz CT molecular complexity index is 842. The van der Waals surface area contributed by atoms with E-state index in [2.05, 4.69) is 9.30 Å². The minimum atomic E-state index is 0.614. The van der Waals surface area contributed by atoms with Crippen LogP contribution in [0.4, 0.5) is 0 Å². The molecule has 0 bridgehead atoms. The van der Waals surface area contributed by atoms with Gasteiger partial charge in [-0.1, -0.05) is 41.5 Å². The molecule has 168 valence electrons. The van der Waals surface area contributed by atoms with Crippen molar-refractivity contribution in [1.82, 2.24) is 14.3 Å². The number of benzene rings is 1. The van der Waals surface area contributed by atoms with Gasteiger partial charge < -0.3 is 18.6 Å². The molecule has 0 spiro atoms. The third kappa shape index (κ3) is 6.61. The van der Waals surface area contributed by atoms with Gasteiger partial charge in [0.25, 0.3) is 0 Å². The standard InChI is InChI=1S/C18H21N3O3.3C2H6/c1-22-14-4-5-16-15(13-14)19-18(17-3-2-6-21(16)17)24-12-9-20-7-10-23-11-8-20;3*1-2/h2-6,13H,7-12H2,1H3;3*1-2H3. The second-order valence-corrected chi connectivity index (χ2v) is 5.84. The number of rotatable bonds is 5. The minimum absolute atomic E-state index is 0.614. The van der Waals surface area contributed by atoms with Crippen LogP contribution in [0.25, 0.3) is 16.6 Å². The van der Waals surface area contributed by atoms with Crippen LogP contribution in [0.3, 0.4) is 0 Å². The van der Waals surface area contributed by atoms with Crippen molar-refractivity contribution in [1.29, 1.82) is 0 Å². The first-order valence-electron chi connectivity index (χ1n) is 11.2. The summed E-state index contributed by atoms with van der Waals surface area (Å²) in [7, 11) is 1.66. The lowest BCUT2D eigenvalue weighted by Gasteiger charge is -2.26. The third-order valence-electron chi connectivity index (χ3n) is 4.38. The average molecular weight is 418 g/mol. The van der Waals surface area contributed by atoms with E-state index in [0.717, 1.165) is 55.1 Å². The predicted molar refractivity (Wildman–Crippen MR) is 126 cm³/mol. The fourth-order valence-electron chi connectivity index (χ4n) is 3.06. The molecule has 1 aliphatic rings. The first kappa shape index (κ1) is 25.7. The monoisotopic (exact) mass is 417 g/mol. The summed E-state index contributed by atoms with van der Waals surface area (Å²) in [6.45, 7) is 17.0. The normalized spacial score (nSPS) is 13.3. The van der Waals surface area contributed by atoms with Crippen molar-refractivity contribution >= 4 is 16.6 Å². The molecule has 0 radical (unpaired) electrons. The van der Waals surface area contributed by atoms with Crippen LogP contribution in [-0.2, 0) is 4.74 Å². The molecule has 0 saturated carbocycles. The van der Waals surface area contributed by atoms with E-state index in [1.54, 1.807) is 7.11 Å². The van der Waals surface area contributed by atoms with E-state index in [1.807, 2.05) is 78.1 Å². The molecule has 3 aromatic rings. The molecular weight excluding hydrogens is 378 g/mol. The van der Waals surface area contributed by atoms with Crippen molar-refractivity contribution < 1.29 is 14.2 Å². The number of methoxy groups -OCH3 is 1. The van der Waals surface area contributed by atoms with Gasteiger partial charge in [0.15, 0.2) is 0 Å². The quantitative estimate of drug-likeness (QED) is 0.565. The molecule has 1 aromatic carbocycles. The summed E-state index contributed by atoms with van der Waals surface area (Å²) in [6.07, 6.45) is 2.03. The molecule has 30 heavy (non-hydrogen) atoms. The van der Waals surface area contributed by atoms with Gasteiger partial charge in [-0.25, -0.2) is 4.98 Å². The Morgan fingerprint density at radius 1 is 0.967 bits per heavy atom. The highest BCUT2D eigenvalue weighted by Gasteiger charge is 2.13. The van der Waals surface area contributed by atoms with Gasteiger partial charge in [0.1, 0.15) is 17.9 Å². The minimum Gasteiger partial charge on any atom is -0.497 e. The zero-order chi connectivity index (χ0) is 22.4. The van der Waals surface area contributed by atoms with Crippen LogP contribution >= 0.6 is 0 Å². The molecule has 4 rings (SSSR count). The van der Waals surface area contributed by atoms with Crippen molar-refractivity contribution in [3.05, 3.63) is 36.5 Å². The van der Waals surface area contributed by atoms with Crippen molar-refractivity contribution in [3.8, 4) is 11.6 Å². The van der Waals surface area contributed by atoms with Crippen LogP contribution in [-0.4, -0.2) is 60.8 Å². The highest BCUT2D eigenvalue weighted by atomic mass is 16.5. The van der Waals surface area contributed by atoms with Gasteiger partial charge in [-0.2, -0.15) is 0 Å². The van der Waals surface area contributed by atoms with E-state index in [0.29, 0.717) is 12.5 Å². The van der Waals surface area contributed by atoms with Crippen molar-refractivity contribution in [3.63, 3.8) is 0 Å². The maximum absolute atomic E-state index is 6.01. The van der Waals surface area contributed by atoms with Gasteiger partial charge >= 0.3 is 0 Å². The van der Waals surface area contributed by atoms with E-state index in [1.165, 1.54) is 0 Å². The lowest BCUT2D eigenvalue weighted by molar-refractivity contribution is 0.0321. The van der Waals surface area contributed by atoms with Gasteiger partial charge in [-0.05, 0) is 24.3 Å². The Morgan fingerprint density at radius 2 is 1.67 bits per heavy atom. The van der Waals surface area contributed by atoms with Crippen LogP contribution in [0.15, 0.2) is 36.5 Å². The topological polar surface area (TPSA) is 48.2 Å². The molecule has 0 N–H and O–H groups in total. The fourth-order valence-corrected chi connectivity index (χ4v) is 3.06. The summed E-state index contributed by atoms with van der Waals surface area (Å²) in [5.41, 5.74) is 2.88. The van der Waals surface area contributed by atoms with Crippen molar-refractivity contribution in [2.24, 2.45) is 0 Å². The van der Waals surface area contributed by atoms with Crippen LogP contribution in [0.1, 0.15) is 41.5 Å². The lowest BCUT2D eigenvalue weighted by atomic mass is 10.2. The Morgan fingerprint density at radius 3 is 2.33 bits per heavy atom. The van der Waals surface area contributed by atoms with Crippen LogP contribution in [0.2, 0.25) is 0 Å². The number of ether oxygens (including phenoxy) is 3. The fraction of sp³-hybridized carbons (Fsp3) is 0.542. The second-order valence-electron chi connectivity index (χ2n) is 5.84. The number of fused-ring (bicyclic) bond motifs is 3. The number of hydrogen-bond donors (Lipinski definition) is 0. The van der Waals surface area contributed by atoms with Gasteiger partial charge in [-0.3, -0.25) is 4.90 Å². The summed E-state index contributed by atoms with van der Waals surface area (Å²) in [4.78, 5) is 7.05. The van der Waals surface area contributed by atoms with E-state index >= 15 is 0 Å². The molecular formula is C24H39N3O3. The second kappa shape index (κ2) is 14.6. The van der Waals surface area contributed by atoms with Crippen molar-refractivity contribution in [2.75, 3.05) is 46.6 Å². The van der Waals surface area contributed by atoms with E-state index in [9.17, 15) is 0 Å². The zero-order valence-corrected chi connectivity index (χ0v) is 19.8. The van der Waals surface area contributed by atoms with E-state index in [4.69, 9.17) is 19.2 Å². The Kier molecular flexibility index (Phi) is 12.6. The van der Waals surface area contributed by atoms with Crippen LogP contribution in [0, 0.1) is 0 Å². The molecule has 0 aliphatic carbocycles. The van der Waals surface area contributed by atoms with Crippen molar-refractivity contribution in [2.45, 2.75) is 41.5 Å². The highest BCUT2D eigenvalue weighted by Crippen LogP contribution is 2.26. The molecule has 0 atom stereocenters. The largest absolute Gasteiger partial charge is 0.497 e. The van der Waals surface area contributed by atoms with Crippen LogP contribution in [0.5, 0.6) is 11.6 Å². The molecule has 1 aliphatic heterocycles. The van der Waals surface area contributed by atoms with E-state index < -0.39 is 0 Å². The molecule has 6 heteroatoms. The number of morpholine rings is 1. The molecule has 0 amide bonds. The molecule has 6 nitrogen and oxygen atoms in total. The highest BCUT2D eigenvalue weighted by molar-refractivity contribution is 5.82. The van der Waals surface area contributed by atoms with Gasteiger partial charge in [0.05, 0.1) is 31.4 Å². The molecule has 1 saturated heterocycles. The van der Waals surface area contributed by atoms with Gasteiger partial charge in [0.2, 0.25) is 5.88 Å². The summed E-state index contributed by atoms with van der Waals surface area (Å²) in [5, 5.41) is 0. The molecule has 0 unspecified atom stereocenters. The van der Waals surface area contributed by atoms with Gasteiger partial charge in [0, 0.05) is 31.9 Å². The Hall–Kier alpha value is -2.31. The Balaban J connectivity index is 0.000000691. The molecule has 2 aromatic heterocycles. The van der Waals surface area contributed by atoms with E-state index in [-0.39, 0.29) is 0 Å². The predicted octanol–water partition coefficient (Wildman–Crippen LogP) is 5.29. The maximum atomic E-state index is 6.01. The number of aromatic nitrogens is 2. The zero-order valence-electron chi connectivity index (χ0n) is 19.8. The number of nitrogens with zero attached hydrogens (tertiary/aromatic N) is 3. The maximum Gasteiger partial charge on any atom is 0.238 e. The SMILES string of the molecule is CC.CC.CC.COc1ccc2c(c1)nc(OCCN1CCOCC1)c1cccn12. The summed E-state index contributed by atoms with van der Waals surface area (Å²) in [6, 6.07) is 9.94. The third-order valence-corrected chi connectivity index (χ3v) is 4.38. The molecule has 3 heterocycles.